The van der Waals surface area contributed by atoms with Gasteiger partial charge in [-0.15, -0.1) is 11.8 Å². The van der Waals surface area contributed by atoms with Crippen LogP contribution < -0.4 is 10.1 Å². The maximum absolute atomic E-state index is 13.7. The summed E-state index contributed by atoms with van der Waals surface area (Å²) < 4.78 is 5.40. The van der Waals surface area contributed by atoms with E-state index in [0.29, 0.717) is 36.6 Å². The molecular formula is C31H37ClN2O3S. The minimum atomic E-state index is -0.653. The van der Waals surface area contributed by atoms with Crippen molar-refractivity contribution in [2.24, 2.45) is 0 Å². The second kappa shape index (κ2) is 14.3. The normalized spacial score (nSPS) is 12.0. The van der Waals surface area contributed by atoms with Crippen molar-refractivity contribution < 1.29 is 14.3 Å². The summed E-state index contributed by atoms with van der Waals surface area (Å²) in [7, 11) is 1.62. The molecule has 0 aliphatic rings. The van der Waals surface area contributed by atoms with Crippen LogP contribution in [0, 0.1) is 0 Å². The van der Waals surface area contributed by atoms with E-state index in [1.807, 2.05) is 99.6 Å². The molecule has 3 aromatic carbocycles. The number of rotatable bonds is 12. The van der Waals surface area contributed by atoms with Crippen LogP contribution in [-0.4, -0.2) is 41.2 Å². The predicted octanol–water partition coefficient (Wildman–Crippen LogP) is 6.78. The Hall–Kier alpha value is -2.96. The molecule has 0 aliphatic carbocycles. The first-order valence-corrected chi connectivity index (χ1v) is 14.2. The summed E-state index contributed by atoms with van der Waals surface area (Å²) in [4.78, 5) is 30.2. The van der Waals surface area contributed by atoms with Crippen LogP contribution in [-0.2, 0) is 22.6 Å². The van der Waals surface area contributed by atoms with E-state index in [-0.39, 0.29) is 11.8 Å². The van der Waals surface area contributed by atoms with Crippen molar-refractivity contribution in [2.75, 3.05) is 12.9 Å². The Labute approximate surface area is 235 Å². The second-order valence-electron chi connectivity index (χ2n) is 10.2. The Bertz CT molecular complexity index is 1180. The van der Waals surface area contributed by atoms with Crippen molar-refractivity contribution >= 4 is 35.2 Å². The van der Waals surface area contributed by atoms with E-state index in [4.69, 9.17) is 16.3 Å². The fourth-order valence-electron chi connectivity index (χ4n) is 4.06. The average molecular weight is 553 g/mol. The third kappa shape index (κ3) is 9.73. The Morgan fingerprint density at radius 2 is 1.66 bits per heavy atom. The molecule has 202 valence electrons. The first kappa shape index (κ1) is 29.6. The maximum Gasteiger partial charge on any atom is 0.243 e. The SMILES string of the molecule is COc1cccc(CN(C(=O)CCCSc2ccc(Cl)cc2)[C@H](Cc2ccccc2)C(=O)NC(C)(C)C)c1. The quantitative estimate of drug-likeness (QED) is 0.199. The zero-order valence-corrected chi connectivity index (χ0v) is 24.1. The smallest absolute Gasteiger partial charge is 0.243 e. The van der Waals surface area contributed by atoms with E-state index in [1.165, 1.54) is 0 Å². The highest BCUT2D eigenvalue weighted by Crippen LogP contribution is 2.23. The van der Waals surface area contributed by atoms with E-state index >= 15 is 0 Å². The van der Waals surface area contributed by atoms with Gasteiger partial charge in [0.2, 0.25) is 11.8 Å². The van der Waals surface area contributed by atoms with E-state index in [1.54, 1.807) is 23.8 Å². The molecule has 38 heavy (non-hydrogen) atoms. The van der Waals surface area contributed by atoms with Gasteiger partial charge in [-0.25, -0.2) is 0 Å². The van der Waals surface area contributed by atoms with Crippen LogP contribution in [0.1, 0.15) is 44.7 Å². The molecule has 5 nitrogen and oxygen atoms in total. The minimum absolute atomic E-state index is 0.0467. The molecule has 3 rings (SSSR count). The Balaban J connectivity index is 1.82. The molecule has 1 atom stereocenters. The van der Waals surface area contributed by atoms with Crippen molar-refractivity contribution in [2.45, 2.75) is 63.1 Å². The number of halogens is 1. The molecule has 0 saturated heterocycles. The largest absolute Gasteiger partial charge is 0.497 e. The van der Waals surface area contributed by atoms with Gasteiger partial charge in [-0.1, -0.05) is 54.1 Å². The van der Waals surface area contributed by atoms with Gasteiger partial charge in [0.05, 0.1) is 7.11 Å². The van der Waals surface area contributed by atoms with E-state index < -0.39 is 11.6 Å². The summed E-state index contributed by atoms with van der Waals surface area (Å²) in [6, 6.07) is 24.5. The molecule has 0 heterocycles. The van der Waals surface area contributed by atoms with E-state index in [9.17, 15) is 9.59 Å². The van der Waals surface area contributed by atoms with Crippen molar-refractivity contribution in [1.82, 2.24) is 10.2 Å². The molecule has 0 spiro atoms. The zero-order chi connectivity index (χ0) is 27.5. The van der Waals surface area contributed by atoms with Crippen molar-refractivity contribution in [3.05, 3.63) is 95.0 Å². The number of ether oxygens (including phenoxy) is 1. The summed E-state index contributed by atoms with van der Waals surface area (Å²) in [6.07, 6.45) is 1.47. The number of benzene rings is 3. The first-order valence-electron chi connectivity index (χ1n) is 12.8. The van der Waals surface area contributed by atoms with Gasteiger partial charge in [-0.3, -0.25) is 9.59 Å². The minimum Gasteiger partial charge on any atom is -0.497 e. The van der Waals surface area contributed by atoms with Crippen molar-refractivity contribution in [3.8, 4) is 5.75 Å². The van der Waals surface area contributed by atoms with Crippen molar-refractivity contribution in [1.29, 1.82) is 0 Å². The van der Waals surface area contributed by atoms with Crippen LogP contribution in [0.3, 0.4) is 0 Å². The predicted molar refractivity (Wildman–Crippen MR) is 157 cm³/mol. The molecule has 7 heteroatoms. The van der Waals surface area contributed by atoms with Crippen LogP contribution in [0.4, 0.5) is 0 Å². The number of carbonyl (C=O) groups excluding carboxylic acids is 2. The van der Waals surface area contributed by atoms with Crippen LogP contribution >= 0.6 is 23.4 Å². The third-order valence-corrected chi connectivity index (χ3v) is 7.22. The van der Waals surface area contributed by atoms with Crippen LogP contribution in [0.15, 0.2) is 83.8 Å². The fourth-order valence-corrected chi connectivity index (χ4v) is 5.04. The summed E-state index contributed by atoms with van der Waals surface area (Å²) in [5, 5.41) is 3.81. The van der Waals surface area contributed by atoms with Crippen LogP contribution in [0.2, 0.25) is 5.02 Å². The highest BCUT2D eigenvalue weighted by atomic mass is 35.5. The second-order valence-corrected chi connectivity index (χ2v) is 11.8. The molecule has 1 N–H and O–H groups in total. The lowest BCUT2D eigenvalue weighted by molar-refractivity contribution is -0.142. The Kier molecular flexibility index (Phi) is 11.1. The zero-order valence-electron chi connectivity index (χ0n) is 22.6. The standard InChI is InChI=1S/C31H37ClN2O3S/c1-31(2,3)33-30(36)28(21-23-10-6-5-7-11-23)34(22-24-12-8-13-26(20-24)37-4)29(35)14-9-19-38-27-17-15-25(32)16-18-27/h5-8,10-13,15-18,20,28H,9,14,19,21-22H2,1-4H3,(H,33,36)/t28-/m1/s1. The molecule has 2 amide bonds. The number of carbonyl (C=O) groups is 2. The van der Waals surface area contributed by atoms with Gasteiger partial charge in [0.25, 0.3) is 0 Å². The van der Waals surface area contributed by atoms with Gasteiger partial charge >= 0.3 is 0 Å². The summed E-state index contributed by atoms with van der Waals surface area (Å²) >= 11 is 7.68. The number of nitrogens with one attached hydrogen (secondary N) is 1. The van der Waals surface area contributed by atoms with Crippen molar-refractivity contribution in [3.63, 3.8) is 0 Å². The monoisotopic (exact) mass is 552 g/mol. The Morgan fingerprint density at radius 1 is 0.974 bits per heavy atom. The lowest BCUT2D eigenvalue weighted by Crippen LogP contribution is -2.54. The van der Waals surface area contributed by atoms with Gasteiger partial charge in [-0.05, 0) is 80.5 Å². The van der Waals surface area contributed by atoms with E-state index in [0.717, 1.165) is 21.8 Å². The average Bonchev–Trinajstić information content (AvgIpc) is 2.89. The lowest BCUT2D eigenvalue weighted by Gasteiger charge is -2.34. The molecular weight excluding hydrogens is 516 g/mol. The number of hydrogen-bond donors (Lipinski definition) is 1. The maximum atomic E-state index is 13.7. The van der Waals surface area contributed by atoms with Gasteiger partial charge < -0.3 is 15.0 Å². The summed E-state index contributed by atoms with van der Waals surface area (Å²) in [5.41, 5.74) is 1.49. The fraction of sp³-hybridized carbons (Fsp3) is 0.355. The number of hydrogen-bond acceptors (Lipinski definition) is 4. The van der Waals surface area contributed by atoms with Gasteiger partial charge in [-0.2, -0.15) is 0 Å². The van der Waals surface area contributed by atoms with Crippen LogP contribution in [0.25, 0.3) is 0 Å². The first-order chi connectivity index (χ1) is 18.1. The highest BCUT2D eigenvalue weighted by Gasteiger charge is 2.32. The highest BCUT2D eigenvalue weighted by molar-refractivity contribution is 7.99. The lowest BCUT2D eigenvalue weighted by atomic mass is 10.00. The van der Waals surface area contributed by atoms with E-state index in [2.05, 4.69) is 5.32 Å². The van der Waals surface area contributed by atoms with Gasteiger partial charge in [0.1, 0.15) is 11.8 Å². The van der Waals surface area contributed by atoms with Crippen LogP contribution in [0.5, 0.6) is 5.75 Å². The molecule has 0 unspecified atom stereocenters. The number of nitrogens with zero attached hydrogens (tertiary/aromatic N) is 1. The number of amides is 2. The number of methoxy groups -OCH3 is 1. The summed E-state index contributed by atoms with van der Waals surface area (Å²) in [5.74, 6) is 1.30. The molecule has 0 radical (unpaired) electrons. The van der Waals surface area contributed by atoms with Gasteiger partial charge in [0, 0.05) is 34.8 Å². The summed E-state index contributed by atoms with van der Waals surface area (Å²) in [6.45, 7) is 6.17. The molecule has 3 aromatic rings. The third-order valence-electron chi connectivity index (χ3n) is 5.87. The molecule has 0 fully saturated rings. The molecule has 0 aliphatic heterocycles. The molecule has 0 saturated carbocycles. The molecule has 0 aromatic heterocycles. The molecule has 0 bridgehead atoms. The topological polar surface area (TPSA) is 58.6 Å². The number of thioether (sulfide) groups is 1. The Morgan fingerprint density at radius 3 is 2.32 bits per heavy atom. The van der Waals surface area contributed by atoms with Gasteiger partial charge in [0.15, 0.2) is 0 Å².